The molecule has 1 saturated heterocycles. The van der Waals surface area contributed by atoms with Gasteiger partial charge < -0.3 is 10.1 Å². The number of nitrogens with zero attached hydrogens (tertiary/aromatic N) is 5. The molecule has 0 radical (unpaired) electrons. The number of fused-ring (bicyclic) bond motifs is 3. The van der Waals surface area contributed by atoms with Gasteiger partial charge >= 0.3 is 0 Å². The number of Topliss-reactive ketones (excluding diaryl/α,β-unsaturated/α-hetero) is 1. The second-order valence-corrected chi connectivity index (χ2v) is 10.7. The molecule has 3 heterocycles. The second-order valence-electron chi connectivity index (χ2n) is 9.46. The number of ketones is 3. The van der Waals surface area contributed by atoms with E-state index < -0.39 is 17.3 Å². The van der Waals surface area contributed by atoms with E-state index in [-0.39, 0.29) is 34.5 Å². The predicted molar refractivity (Wildman–Crippen MR) is 140 cm³/mol. The van der Waals surface area contributed by atoms with Gasteiger partial charge in [0.25, 0.3) is 5.69 Å². The van der Waals surface area contributed by atoms with Gasteiger partial charge in [0, 0.05) is 56.0 Å². The second kappa shape index (κ2) is 8.89. The van der Waals surface area contributed by atoms with Gasteiger partial charge in [0.05, 0.1) is 22.3 Å². The third-order valence-corrected chi connectivity index (χ3v) is 8.19. The summed E-state index contributed by atoms with van der Waals surface area (Å²) in [5.74, 6) is -1.31. The fourth-order valence-electron chi connectivity index (χ4n) is 5.31. The maximum Gasteiger partial charge on any atom is 0.298 e. The summed E-state index contributed by atoms with van der Waals surface area (Å²) in [6.45, 7) is 5.69. The van der Waals surface area contributed by atoms with Gasteiger partial charge in [0.1, 0.15) is 5.56 Å². The predicted octanol–water partition coefficient (Wildman–Crippen LogP) is 2.75. The number of piperazine rings is 1. The molecule has 1 aliphatic heterocycles. The highest BCUT2D eigenvalue weighted by atomic mass is 32.1. The number of hydrogen-bond donors (Lipinski definition) is 0. The molecule has 0 N–H and O–H groups in total. The maximum atomic E-state index is 13.2. The number of rotatable bonds is 5. The molecule has 6 rings (SSSR count). The minimum absolute atomic E-state index is 0.0243. The van der Waals surface area contributed by atoms with Crippen molar-refractivity contribution in [2.45, 2.75) is 13.3 Å². The van der Waals surface area contributed by atoms with E-state index >= 15 is 0 Å². The average Bonchev–Trinajstić information content (AvgIpc) is 3.41. The van der Waals surface area contributed by atoms with Gasteiger partial charge in [-0.1, -0.05) is 29.1 Å². The summed E-state index contributed by atoms with van der Waals surface area (Å²) in [7, 11) is 1.41. The van der Waals surface area contributed by atoms with Crippen LogP contribution in [0.5, 0.6) is 0 Å². The number of anilines is 1. The number of carbonyl (C=O) groups excluding carboxylic acids is 3. The van der Waals surface area contributed by atoms with E-state index in [4.69, 9.17) is 0 Å². The van der Waals surface area contributed by atoms with Gasteiger partial charge in [-0.05, 0) is 25.1 Å². The zero-order chi connectivity index (χ0) is 25.8. The zero-order valence-electron chi connectivity index (χ0n) is 20.6. The van der Waals surface area contributed by atoms with E-state index in [1.54, 1.807) is 35.6 Å². The van der Waals surface area contributed by atoms with E-state index in [1.807, 2.05) is 6.92 Å². The van der Waals surface area contributed by atoms with Crippen LogP contribution in [0.15, 0.2) is 42.5 Å². The first kappa shape index (κ1) is 23.5. The molecule has 4 aromatic rings. The van der Waals surface area contributed by atoms with Gasteiger partial charge in [-0.25, -0.2) is 4.98 Å². The normalized spacial score (nSPS) is 15.8. The molecule has 2 aliphatic rings. The molecule has 37 heavy (non-hydrogen) atoms. The van der Waals surface area contributed by atoms with E-state index in [1.165, 1.54) is 17.4 Å². The van der Waals surface area contributed by atoms with E-state index in [0.717, 1.165) is 41.4 Å². The Labute approximate surface area is 217 Å². The van der Waals surface area contributed by atoms with Crippen LogP contribution in [0, 0.1) is 12.1 Å². The van der Waals surface area contributed by atoms with Crippen molar-refractivity contribution in [1.29, 1.82) is 0 Å². The smallest absolute Gasteiger partial charge is 0.298 e. The Morgan fingerprint density at radius 2 is 1.76 bits per heavy atom. The highest BCUT2D eigenvalue weighted by Gasteiger charge is 2.43. The van der Waals surface area contributed by atoms with E-state index in [9.17, 15) is 19.6 Å². The first-order valence-electron chi connectivity index (χ1n) is 12.2. The fourth-order valence-corrected chi connectivity index (χ4v) is 6.17. The molecule has 2 aromatic heterocycles. The lowest BCUT2D eigenvalue weighted by Gasteiger charge is -2.36. The van der Waals surface area contributed by atoms with Crippen molar-refractivity contribution in [3.8, 4) is 0 Å². The van der Waals surface area contributed by atoms with Gasteiger partial charge in [-0.3, -0.25) is 19.3 Å². The van der Waals surface area contributed by atoms with Crippen LogP contribution < -0.4 is 9.75 Å². The molecular weight excluding hydrogens is 490 g/mol. The Kier molecular flexibility index (Phi) is 5.65. The third-order valence-electron chi connectivity index (χ3n) is 7.26. The summed E-state index contributed by atoms with van der Waals surface area (Å²) >= 11 is 1.69. The van der Waals surface area contributed by atoms with Crippen LogP contribution >= 0.6 is 11.3 Å². The van der Waals surface area contributed by atoms with Crippen LogP contribution in [0.25, 0.3) is 10.2 Å². The molecule has 0 saturated carbocycles. The number of benzene rings is 2. The maximum absolute atomic E-state index is 13.2. The lowest BCUT2D eigenvalue weighted by molar-refractivity contribution is -0.693. The van der Waals surface area contributed by atoms with Crippen molar-refractivity contribution in [3.63, 3.8) is 0 Å². The summed E-state index contributed by atoms with van der Waals surface area (Å²) in [5, 5.41) is 14.0. The monoisotopic (exact) mass is 515 g/mol. The van der Waals surface area contributed by atoms with E-state index in [2.05, 4.69) is 33.0 Å². The van der Waals surface area contributed by atoms with Crippen molar-refractivity contribution < 1.29 is 19.2 Å². The standard InChI is InChI=1S/C27H25N5O4S/c1-16-28-20-8-7-17(15-22(20)37-16)31-13-11-30(12-14-31)10-9-21(33)24-23-25(29(2)32(24)36)27(35)19-6-4-3-5-18(19)26(23)34/h3-8,15H,9-14H2,1-2H3. The Balaban J connectivity index is 1.15. The first-order valence-corrected chi connectivity index (χ1v) is 13.0. The Morgan fingerprint density at radius 3 is 2.49 bits per heavy atom. The summed E-state index contributed by atoms with van der Waals surface area (Å²) in [6, 6.07) is 12.8. The van der Waals surface area contributed by atoms with Crippen LogP contribution in [-0.2, 0) is 7.05 Å². The molecule has 1 fully saturated rings. The molecule has 0 unspecified atom stereocenters. The first-order chi connectivity index (χ1) is 17.8. The molecule has 0 spiro atoms. The Hall–Kier alpha value is -3.89. The lowest BCUT2D eigenvalue weighted by atomic mass is 9.86. The van der Waals surface area contributed by atoms with Crippen LogP contribution in [-0.4, -0.2) is 64.6 Å². The van der Waals surface area contributed by atoms with Crippen LogP contribution in [0.3, 0.4) is 0 Å². The van der Waals surface area contributed by atoms with Crippen molar-refractivity contribution >= 4 is 44.6 Å². The summed E-state index contributed by atoms with van der Waals surface area (Å²) in [4.78, 5) is 48.9. The van der Waals surface area contributed by atoms with Gasteiger partial charge in [-0.15, -0.1) is 16.0 Å². The van der Waals surface area contributed by atoms with E-state index in [0.29, 0.717) is 11.4 Å². The van der Waals surface area contributed by atoms with Gasteiger partial charge in [-0.2, -0.15) is 0 Å². The van der Waals surface area contributed by atoms with Crippen molar-refractivity contribution in [1.82, 2.24) is 14.6 Å². The fraction of sp³-hybridized carbons (Fsp3) is 0.296. The Bertz CT molecular complexity index is 1600. The SMILES string of the molecule is Cc1nc2ccc(N3CCN(CCC(=O)c4c5c(n(C)[n+]4[O-])C(=O)c4ccccc4C5=O)CC3)cc2s1. The minimum atomic E-state index is -0.458. The highest BCUT2D eigenvalue weighted by Crippen LogP contribution is 2.30. The molecule has 2 aromatic carbocycles. The highest BCUT2D eigenvalue weighted by molar-refractivity contribution is 7.18. The molecule has 188 valence electrons. The van der Waals surface area contributed by atoms with Gasteiger partial charge in [0.15, 0.2) is 5.69 Å². The summed E-state index contributed by atoms with van der Waals surface area (Å²) in [6.07, 6.45) is 0.0912. The summed E-state index contributed by atoms with van der Waals surface area (Å²) < 4.78 is 2.25. The topological polar surface area (TPSA) is 102 Å². The molecule has 1 aliphatic carbocycles. The van der Waals surface area contributed by atoms with Crippen LogP contribution in [0.4, 0.5) is 5.69 Å². The number of hydrogen-bond acceptors (Lipinski definition) is 8. The molecule has 9 nitrogen and oxygen atoms in total. The largest absolute Gasteiger partial charge is 0.595 e. The van der Waals surface area contributed by atoms with Gasteiger partial charge in [0.2, 0.25) is 17.3 Å². The zero-order valence-corrected chi connectivity index (χ0v) is 21.4. The molecule has 0 amide bonds. The van der Waals surface area contributed by atoms with Crippen LogP contribution in [0.2, 0.25) is 0 Å². The molecule has 0 atom stereocenters. The van der Waals surface area contributed by atoms with Crippen LogP contribution in [0.1, 0.15) is 53.9 Å². The number of aromatic nitrogens is 3. The average molecular weight is 516 g/mol. The number of aryl methyl sites for hydroxylation is 1. The number of carbonyl (C=O) groups is 3. The molecular formula is C27H25N5O4S. The van der Waals surface area contributed by atoms with Crippen molar-refractivity contribution in [2.24, 2.45) is 7.05 Å². The third kappa shape index (κ3) is 3.84. The number of thiazole rings is 1. The van der Waals surface area contributed by atoms with Crippen molar-refractivity contribution in [2.75, 3.05) is 37.6 Å². The quantitative estimate of drug-likeness (QED) is 0.201. The summed E-state index contributed by atoms with van der Waals surface area (Å²) in [5.41, 5.74) is 2.32. The lowest BCUT2D eigenvalue weighted by Crippen LogP contribution is -2.47. The minimum Gasteiger partial charge on any atom is -0.595 e. The molecule has 0 bridgehead atoms. The van der Waals surface area contributed by atoms with Crippen molar-refractivity contribution in [3.05, 3.63) is 80.8 Å². The Morgan fingerprint density at radius 1 is 1.05 bits per heavy atom. The molecule has 10 heteroatoms.